The van der Waals surface area contributed by atoms with Gasteiger partial charge in [0, 0.05) is 37.3 Å². The highest BCUT2D eigenvalue weighted by atomic mass is 35.5. The number of sulfonamides is 1. The fourth-order valence-electron chi connectivity index (χ4n) is 3.49. The number of piperazine rings is 1. The van der Waals surface area contributed by atoms with E-state index in [1.807, 2.05) is 31.2 Å². The Labute approximate surface area is 183 Å². The van der Waals surface area contributed by atoms with Crippen molar-refractivity contribution in [3.63, 3.8) is 0 Å². The second-order valence-electron chi connectivity index (χ2n) is 8.56. The lowest BCUT2D eigenvalue weighted by molar-refractivity contribution is 0.0746. The van der Waals surface area contributed by atoms with Gasteiger partial charge in [0.25, 0.3) is 5.91 Å². The molecule has 6 nitrogen and oxygen atoms in total. The monoisotopic (exact) mass is 449 g/mol. The standard InChI is InChI=1S/C22H28ClN3O3S/c1-16-9-10-17(30(28,29)24-22(2,3)4)15-18(16)21(27)26-13-11-25(12-14-26)20-8-6-5-7-19(20)23/h5-10,15,24H,11-14H2,1-4H3. The molecule has 2 aromatic rings. The highest BCUT2D eigenvalue weighted by Gasteiger charge is 2.27. The molecular weight excluding hydrogens is 422 g/mol. The van der Waals surface area contributed by atoms with Gasteiger partial charge in [0.15, 0.2) is 0 Å². The first-order valence-electron chi connectivity index (χ1n) is 9.91. The fourth-order valence-corrected chi connectivity index (χ4v) is 5.19. The van der Waals surface area contributed by atoms with E-state index in [1.54, 1.807) is 31.7 Å². The van der Waals surface area contributed by atoms with Crippen LogP contribution < -0.4 is 9.62 Å². The first-order chi connectivity index (χ1) is 14.0. The van der Waals surface area contributed by atoms with Crippen molar-refractivity contribution in [1.29, 1.82) is 0 Å². The molecule has 1 aliphatic rings. The Morgan fingerprint density at radius 3 is 2.27 bits per heavy atom. The zero-order valence-corrected chi connectivity index (χ0v) is 19.3. The van der Waals surface area contributed by atoms with E-state index in [4.69, 9.17) is 11.6 Å². The van der Waals surface area contributed by atoms with Gasteiger partial charge >= 0.3 is 0 Å². The number of rotatable bonds is 4. The number of carbonyl (C=O) groups is 1. The molecule has 0 radical (unpaired) electrons. The topological polar surface area (TPSA) is 69.7 Å². The number of hydrogen-bond donors (Lipinski definition) is 1. The molecule has 1 aliphatic heterocycles. The van der Waals surface area contributed by atoms with Crippen LogP contribution in [-0.4, -0.2) is 50.9 Å². The molecule has 1 heterocycles. The number of aryl methyl sites for hydroxylation is 1. The molecule has 0 unspecified atom stereocenters. The summed E-state index contributed by atoms with van der Waals surface area (Å²) in [5, 5.41) is 0.692. The van der Waals surface area contributed by atoms with Crippen molar-refractivity contribution in [1.82, 2.24) is 9.62 Å². The first-order valence-corrected chi connectivity index (χ1v) is 11.8. The summed E-state index contributed by atoms with van der Waals surface area (Å²) < 4.78 is 28.0. The number of hydrogen-bond acceptors (Lipinski definition) is 4. The van der Waals surface area contributed by atoms with Crippen molar-refractivity contribution in [2.75, 3.05) is 31.1 Å². The molecule has 2 aromatic carbocycles. The van der Waals surface area contributed by atoms with Crippen molar-refractivity contribution >= 4 is 33.2 Å². The van der Waals surface area contributed by atoms with Crippen LogP contribution in [0.2, 0.25) is 5.02 Å². The molecule has 0 atom stereocenters. The lowest BCUT2D eigenvalue weighted by atomic mass is 10.1. The predicted molar refractivity (Wildman–Crippen MR) is 121 cm³/mol. The third-order valence-corrected chi connectivity index (χ3v) is 7.03. The maximum atomic E-state index is 13.2. The highest BCUT2D eigenvalue weighted by Crippen LogP contribution is 2.27. The minimum absolute atomic E-state index is 0.0982. The van der Waals surface area contributed by atoms with E-state index in [2.05, 4.69) is 9.62 Å². The molecule has 0 aromatic heterocycles. The Morgan fingerprint density at radius 1 is 1.03 bits per heavy atom. The van der Waals surface area contributed by atoms with Crippen LogP contribution in [0.4, 0.5) is 5.69 Å². The van der Waals surface area contributed by atoms with Crippen molar-refractivity contribution < 1.29 is 13.2 Å². The van der Waals surface area contributed by atoms with Gasteiger partial charge in [-0.2, -0.15) is 0 Å². The number of nitrogens with one attached hydrogen (secondary N) is 1. The summed E-state index contributed by atoms with van der Waals surface area (Å²) in [7, 11) is -3.71. The fraction of sp³-hybridized carbons (Fsp3) is 0.409. The maximum absolute atomic E-state index is 13.2. The number of anilines is 1. The first kappa shape index (κ1) is 22.6. The van der Waals surface area contributed by atoms with Crippen LogP contribution in [0.1, 0.15) is 36.7 Å². The van der Waals surface area contributed by atoms with Crippen LogP contribution in [0.25, 0.3) is 0 Å². The lowest BCUT2D eigenvalue weighted by Crippen LogP contribution is -2.49. The molecule has 8 heteroatoms. The van der Waals surface area contributed by atoms with E-state index in [0.717, 1.165) is 11.3 Å². The van der Waals surface area contributed by atoms with Crippen LogP contribution in [0, 0.1) is 6.92 Å². The Morgan fingerprint density at radius 2 is 1.67 bits per heavy atom. The van der Waals surface area contributed by atoms with Crippen molar-refractivity contribution in [2.24, 2.45) is 0 Å². The Bertz CT molecular complexity index is 1040. The molecule has 162 valence electrons. The Hall–Kier alpha value is -2.09. The summed E-state index contributed by atoms with van der Waals surface area (Å²) in [5.41, 5.74) is 1.52. The molecule has 30 heavy (non-hydrogen) atoms. The van der Waals surface area contributed by atoms with Gasteiger partial charge in [-0.05, 0) is 57.5 Å². The number of carbonyl (C=O) groups excluding carboxylic acids is 1. The summed E-state index contributed by atoms with van der Waals surface area (Å²) >= 11 is 6.29. The van der Waals surface area contributed by atoms with E-state index >= 15 is 0 Å². The van der Waals surface area contributed by atoms with Gasteiger partial charge in [-0.3, -0.25) is 4.79 Å². The Kier molecular flexibility index (Phi) is 6.45. The molecule has 0 aliphatic carbocycles. The highest BCUT2D eigenvalue weighted by molar-refractivity contribution is 7.89. The van der Waals surface area contributed by atoms with Gasteiger partial charge in [0.1, 0.15) is 0 Å². The van der Waals surface area contributed by atoms with Gasteiger partial charge < -0.3 is 9.80 Å². The molecule has 3 rings (SSSR count). The molecular formula is C22H28ClN3O3S. The van der Waals surface area contributed by atoms with E-state index < -0.39 is 15.6 Å². The van der Waals surface area contributed by atoms with E-state index in [9.17, 15) is 13.2 Å². The number of amides is 1. The van der Waals surface area contributed by atoms with Crippen LogP contribution >= 0.6 is 11.6 Å². The minimum atomic E-state index is -3.71. The van der Waals surface area contributed by atoms with Gasteiger partial charge in [-0.1, -0.05) is 29.8 Å². The molecule has 0 bridgehead atoms. The number of benzene rings is 2. The SMILES string of the molecule is Cc1ccc(S(=O)(=O)NC(C)(C)C)cc1C(=O)N1CCN(c2ccccc2Cl)CC1. The number of halogens is 1. The molecule has 1 N–H and O–H groups in total. The molecule has 1 amide bonds. The van der Waals surface area contributed by atoms with E-state index in [-0.39, 0.29) is 10.8 Å². The quantitative estimate of drug-likeness (QED) is 0.772. The maximum Gasteiger partial charge on any atom is 0.254 e. The zero-order valence-electron chi connectivity index (χ0n) is 17.8. The smallest absolute Gasteiger partial charge is 0.254 e. The van der Waals surface area contributed by atoms with Crippen LogP contribution in [0.3, 0.4) is 0 Å². The van der Waals surface area contributed by atoms with Gasteiger partial charge in [-0.15, -0.1) is 0 Å². The number of para-hydroxylation sites is 1. The summed E-state index contributed by atoms with van der Waals surface area (Å²) in [6.45, 7) is 9.58. The second-order valence-corrected chi connectivity index (χ2v) is 10.7. The molecule has 0 spiro atoms. The normalized spacial score (nSPS) is 15.4. The number of nitrogens with zero attached hydrogens (tertiary/aromatic N) is 2. The predicted octanol–water partition coefficient (Wildman–Crippen LogP) is 3.69. The average Bonchev–Trinajstić information content (AvgIpc) is 2.66. The third-order valence-electron chi connectivity index (χ3n) is 4.95. The van der Waals surface area contributed by atoms with Gasteiger partial charge in [0.2, 0.25) is 10.0 Å². The summed E-state index contributed by atoms with van der Waals surface area (Å²) in [6.07, 6.45) is 0. The van der Waals surface area contributed by atoms with Gasteiger partial charge in [0.05, 0.1) is 15.6 Å². The average molecular weight is 450 g/mol. The second kappa shape index (κ2) is 8.57. The van der Waals surface area contributed by atoms with E-state index in [1.165, 1.54) is 12.1 Å². The van der Waals surface area contributed by atoms with Crippen molar-refractivity contribution in [2.45, 2.75) is 38.1 Å². The molecule has 1 saturated heterocycles. The molecule has 1 fully saturated rings. The van der Waals surface area contributed by atoms with Crippen LogP contribution in [-0.2, 0) is 10.0 Å². The Balaban J connectivity index is 1.77. The van der Waals surface area contributed by atoms with Crippen LogP contribution in [0.5, 0.6) is 0 Å². The van der Waals surface area contributed by atoms with E-state index in [0.29, 0.717) is 36.8 Å². The van der Waals surface area contributed by atoms with Crippen molar-refractivity contribution in [3.05, 3.63) is 58.6 Å². The lowest BCUT2D eigenvalue weighted by Gasteiger charge is -2.36. The summed E-state index contributed by atoms with van der Waals surface area (Å²) in [5.74, 6) is -0.154. The molecule has 0 saturated carbocycles. The minimum Gasteiger partial charge on any atom is -0.367 e. The van der Waals surface area contributed by atoms with Gasteiger partial charge in [-0.25, -0.2) is 13.1 Å². The largest absolute Gasteiger partial charge is 0.367 e. The van der Waals surface area contributed by atoms with Crippen LogP contribution in [0.15, 0.2) is 47.4 Å². The zero-order chi connectivity index (χ0) is 22.1. The summed E-state index contributed by atoms with van der Waals surface area (Å²) in [4.78, 5) is 17.2. The summed E-state index contributed by atoms with van der Waals surface area (Å²) in [6, 6.07) is 12.4. The van der Waals surface area contributed by atoms with Crippen molar-refractivity contribution in [3.8, 4) is 0 Å². The third kappa shape index (κ3) is 5.14.